The highest BCUT2D eigenvalue weighted by molar-refractivity contribution is 5.86. The molecule has 0 saturated heterocycles. The SMILES string of the molecule is C[C@@]12CCC[C@H]1[C@@H]1C(=O)CC3=CCCC[C@]3(C)[C@H]1CC2. The minimum Gasteiger partial charge on any atom is -0.299 e. The quantitative estimate of drug-likeness (QED) is 0.573. The predicted octanol–water partition coefficient (Wildman–Crippen LogP) is 4.91. The number of hydrogen-bond donors (Lipinski definition) is 0. The van der Waals surface area contributed by atoms with Crippen molar-refractivity contribution in [1.82, 2.24) is 0 Å². The van der Waals surface area contributed by atoms with Gasteiger partial charge in [-0.2, -0.15) is 0 Å². The first-order valence-electron chi connectivity index (χ1n) is 8.77. The number of allylic oxidation sites excluding steroid dienone is 2. The Morgan fingerprint density at radius 2 is 1.90 bits per heavy atom. The van der Waals surface area contributed by atoms with Crippen molar-refractivity contribution in [3.8, 4) is 0 Å². The van der Waals surface area contributed by atoms with Crippen molar-refractivity contribution >= 4 is 5.78 Å². The summed E-state index contributed by atoms with van der Waals surface area (Å²) < 4.78 is 0. The van der Waals surface area contributed by atoms with Crippen LogP contribution in [0.3, 0.4) is 0 Å². The maximum atomic E-state index is 12.9. The molecule has 5 atom stereocenters. The van der Waals surface area contributed by atoms with E-state index in [4.69, 9.17) is 0 Å². The van der Waals surface area contributed by atoms with Gasteiger partial charge in [0.25, 0.3) is 0 Å². The van der Waals surface area contributed by atoms with E-state index in [1.165, 1.54) is 56.9 Å². The molecule has 0 unspecified atom stereocenters. The fraction of sp³-hybridized carbons (Fsp3) is 0.842. The lowest BCUT2D eigenvalue weighted by Gasteiger charge is -2.56. The summed E-state index contributed by atoms with van der Waals surface area (Å²) in [6.07, 6.45) is 13.8. The van der Waals surface area contributed by atoms with Crippen molar-refractivity contribution < 1.29 is 4.79 Å². The van der Waals surface area contributed by atoms with Crippen molar-refractivity contribution in [2.45, 2.75) is 71.6 Å². The second kappa shape index (κ2) is 4.21. The lowest BCUT2D eigenvalue weighted by Crippen LogP contribution is -2.52. The van der Waals surface area contributed by atoms with E-state index in [-0.39, 0.29) is 0 Å². The third-order valence-corrected chi connectivity index (χ3v) is 7.63. The highest BCUT2D eigenvalue weighted by Crippen LogP contribution is 2.64. The Bertz CT molecular complexity index is 476. The van der Waals surface area contributed by atoms with E-state index >= 15 is 0 Å². The van der Waals surface area contributed by atoms with Crippen LogP contribution in [0.1, 0.15) is 71.6 Å². The van der Waals surface area contributed by atoms with Crippen LogP contribution < -0.4 is 0 Å². The zero-order chi connectivity index (χ0) is 14.0. The fourth-order valence-electron chi connectivity index (χ4n) is 6.43. The fourth-order valence-corrected chi connectivity index (χ4v) is 6.43. The first-order chi connectivity index (χ1) is 9.55. The third-order valence-electron chi connectivity index (χ3n) is 7.63. The molecule has 0 amide bonds. The highest BCUT2D eigenvalue weighted by Gasteiger charge is 2.58. The number of Topliss-reactive ketones (excluding diaryl/α,β-unsaturated/α-hetero) is 1. The molecule has 3 fully saturated rings. The van der Waals surface area contributed by atoms with Gasteiger partial charge in [0.2, 0.25) is 0 Å². The molecule has 20 heavy (non-hydrogen) atoms. The van der Waals surface area contributed by atoms with Gasteiger partial charge in [-0.1, -0.05) is 31.9 Å². The Morgan fingerprint density at radius 3 is 2.75 bits per heavy atom. The molecule has 0 N–H and O–H groups in total. The minimum absolute atomic E-state index is 0.362. The third kappa shape index (κ3) is 1.58. The van der Waals surface area contributed by atoms with Gasteiger partial charge in [0.05, 0.1) is 0 Å². The smallest absolute Gasteiger partial charge is 0.140 e. The maximum Gasteiger partial charge on any atom is 0.140 e. The molecule has 110 valence electrons. The summed E-state index contributed by atoms with van der Waals surface area (Å²) in [6.45, 7) is 4.96. The van der Waals surface area contributed by atoms with Crippen molar-refractivity contribution in [3.05, 3.63) is 11.6 Å². The lowest BCUT2D eigenvalue weighted by atomic mass is 9.47. The first kappa shape index (κ1) is 13.1. The molecular weight excluding hydrogens is 244 g/mol. The minimum atomic E-state index is 0.362. The highest BCUT2D eigenvalue weighted by atomic mass is 16.1. The van der Waals surface area contributed by atoms with Gasteiger partial charge in [-0.3, -0.25) is 4.79 Å². The van der Waals surface area contributed by atoms with Gasteiger partial charge in [-0.25, -0.2) is 0 Å². The van der Waals surface area contributed by atoms with E-state index in [0.29, 0.717) is 34.4 Å². The number of carbonyl (C=O) groups is 1. The maximum absolute atomic E-state index is 12.9. The number of rotatable bonds is 0. The van der Waals surface area contributed by atoms with Crippen LogP contribution in [0.2, 0.25) is 0 Å². The summed E-state index contributed by atoms with van der Waals surface area (Å²) in [5, 5.41) is 0. The largest absolute Gasteiger partial charge is 0.299 e. The van der Waals surface area contributed by atoms with E-state index in [0.717, 1.165) is 6.42 Å². The molecule has 0 bridgehead atoms. The van der Waals surface area contributed by atoms with Crippen LogP contribution in [0.4, 0.5) is 0 Å². The lowest BCUT2D eigenvalue weighted by molar-refractivity contribution is -0.138. The second-order valence-corrected chi connectivity index (χ2v) is 8.51. The zero-order valence-corrected chi connectivity index (χ0v) is 13.1. The van der Waals surface area contributed by atoms with Gasteiger partial charge in [0.1, 0.15) is 5.78 Å². The van der Waals surface area contributed by atoms with Gasteiger partial charge in [-0.05, 0) is 67.6 Å². The molecule has 4 aliphatic rings. The van der Waals surface area contributed by atoms with Crippen LogP contribution >= 0.6 is 0 Å². The van der Waals surface area contributed by atoms with E-state index < -0.39 is 0 Å². The average Bonchev–Trinajstić information content (AvgIpc) is 2.81. The first-order valence-corrected chi connectivity index (χ1v) is 8.77. The summed E-state index contributed by atoms with van der Waals surface area (Å²) in [7, 11) is 0. The van der Waals surface area contributed by atoms with Crippen molar-refractivity contribution in [2.24, 2.45) is 28.6 Å². The number of carbonyl (C=O) groups excluding carboxylic acids is 1. The van der Waals surface area contributed by atoms with E-state index in [1.54, 1.807) is 0 Å². The normalized spacial score (nSPS) is 51.0. The molecule has 1 nitrogen and oxygen atoms in total. The molecule has 0 heterocycles. The Hall–Kier alpha value is -0.590. The van der Waals surface area contributed by atoms with Gasteiger partial charge >= 0.3 is 0 Å². The van der Waals surface area contributed by atoms with Gasteiger partial charge in [-0.15, -0.1) is 0 Å². The van der Waals surface area contributed by atoms with Crippen LogP contribution in [0, 0.1) is 28.6 Å². The summed E-state index contributed by atoms with van der Waals surface area (Å²) in [5.74, 6) is 2.36. The second-order valence-electron chi connectivity index (χ2n) is 8.51. The molecule has 0 aromatic rings. The summed E-state index contributed by atoms with van der Waals surface area (Å²) >= 11 is 0. The average molecular weight is 272 g/mol. The monoisotopic (exact) mass is 272 g/mol. The molecule has 0 aromatic carbocycles. The topological polar surface area (TPSA) is 17.1 Å². The van der Waals surface area contributed by atoms with Crippen molar-refractivity contribution in [3.63, 3.8) is 0 Å². The molecule has 0 aliphatic heterocycles. The molecule has 1 heteroatoms. The molecule has 0 radical (unpaired) electrons. The summed E-state index contributed by atoms with van der Waals surface area (Å²) in [4.78, 5) is 12.9. The zero-order valence-electron chi connectivity index (χ0n) is 13.1. The van der Waals surface area contributed by atoms with Crippen LogP contribution in [0.25, 0.3) is 0 Å². The molecule has 3 saturated carbocycles. The Balaban J connectivity index is 1.75. The molecule has 0 aromatic heterocycles. The Labute approximate surface area is 123 Å². The number of hydrogen-bond acceptors (Lipinski definition) is 1. The van der Waals surface area contributed by atoms with Gasteiger partial charge < -0.3 is 0 Å². The van der Waals surface area contributed by atoms with Gasteiger partial charge in [0.15, 0.2) is 0 Å². The number of fused-ring (bicyclic) bond motifs is 5. The van der Waals surface area contributed by atoms with E-state index in [9.17, 15) is 4.79 Å². The molecule has 4 rings (SSSR count). The van der Waals surface area contributed by atoms with Gasteiger partial charge in [0, 0.05) is 12.3 Å². The number of ketones is 1. The molecule has 0 spiro atoms. The van der Waals surface area contributed by atoms with E-state index in [1.807, 2.05) is 0 Å². The molecular formula is C19H28O. The summed E-state index contributed by atoms with van der Waals surface area (Å²) in [5.41, 5.74) is 2.36. The Kier molecular flexibility index (Phi) is 2.76. The molecule has 4 aliphatic carbocycles. The predicted molar refractivity (Wildman–Crippen MR) is 81.3 cm³/mol. The van der Waals surface area contributed by atoms with Crippen LogP contribution in [0.15, 0.2) is 11.6 Å². The summed E-state index contributed by atoms with van der Waals surface area (Å²) in [6, 6.07) is 0. The van der Waals surface area contributed by atoms with E-state index in [2.05, 4.69) is 19.9 Å². The van der Waals surface area contributed by atoms with Crippen LogP contribution in [-0.4, -0.2) is 5.78 Å². The Morgan fingerprint density at radius 1 is 1.05 bits per heavy atom. The van der Waals surface area contributed by atoms with Crippen molar-refractivity contribution in [2.75, 3.05) is 0 Å². The standard InChI is InChI=1S/C19H28O/c1-18-9-5-7-14(18)17-15(8-11-18)19(2)10-4-3-6-13(19)12-16(17)20/h6,14-15,17H,3-5,7-12H2,1-2H3/t14-,15-,17-,18-,19-/m0/s1. The van der Waals surface area contributed by atoms with Crippen LogP contribution in [-0.2, 0) is 4.79 Å². The van der Waals surface area contributed by atoms with Crippen LogP contribution in [0.5, 0.6) is 0 Å². The van der Waals surface area contributed by atoms with Crippen molar-refractivity contribution in [1.29, 1.82) is 0 Å².